The lowest BCUT2D eigenvalue weighted by atomic mass is 10.2. The molecule has 0 spiro atoms. The number of hydrogen-bond donors (Lipinski definition) is 2. The first kappa shape index (κ1) is 17.1. The van der Waals surface area contributed by atoms with Crippen LogP contribution < -0.4 is 0 Å². The molecule has 1 aliphatic heterocycles. The standard InChI is InChI=1S/C18H25N3O3/c22-13-18(23)17-11-16-12-20(7-4-8-21(16)19-17)9-10-24-14-15-5-2-1-3-6-15/h1-3,5-6,11,18,22-23H,4,7-10,12-14H2/t18-/m0/s1. The van der Waals surface area contributed by atoms with E-state index in [1.54, 1.807) is 0 Å². The van der Waals surface area contributed by atoms with Gasteiger partial charge in [-0.2, -0.15) is 5.10 Å². The molecule has 130 valence electrons. The highest BCUT2D eigenvalue weighted by Crippen LogP contribution is 2.17. The maximum atomic E-state index is 9.74. The van der Waals surface area contributed by atoms with Crippen LogP contribution in [0.3, 0.4) is 0 Å². The molecule has 1 aliphatic rings. The Bertz CT molecular complexity index is 630. The molecule has 2 aromatic rings. The summed E-state index contributed by atoms with van der Waals surface area (Å²) in [7, 11) is 0. The molecule has 3 rings (SSSR count). The van der Waals surface area contributed by atoms with E-state index in [0.29, 0.717) is 18.9 Å². The summed E-state index contributed by atoms with van der Waals surface area (Å²) < 4.78 is 7.72. The molecule has 24 heavy (non-hydrogen) atoms. The Kier molecular flexibility index (Phi) is 5.98. The molecule has 1 atom stereocenters. The van der Waals surface area contributed by atoms with E-state index in [0.717, 1.165) is 38.3 Å². The van der Waals surface area contributed by atoms with Crippen molar-refractivity contribution in [3.05, 3.63) is 53.3 Å². The molecule has 0 unspecified atom stereocenters. The van der Waals surface area contributed by atoms with Gasteiger partial charge in [0.1, 0.15) is 6.10 Å². The first-order chi connectivity index (χ1) is 11.8. The van der Waals surface area contributed by atoms with Gasteiger partial charge in [0, 0.05) is 26.2 Å². The predicted octanol–water partition coefficient (Wildman–Crippen LogP) is 1.33. The Morgan fingerprint density at radius 2 is 2.04 bits per heavy atom. The first-order valence-electron chi connectivity index (χ1n) is 8.46. The minimum Gasteiger partial charge on any atom is -0.393 e. The molecule has 0 aliphatic carbocycles. The molecule has 2 heterocycles. The summed E-state index contributed by atoms with van der Waals surface area (Å²) in [4.78, 5) is 2.35. The molecule has 0 amide bonds. The number of ether oxygens (including phenoxy) is 1. The quantitative estimate of drug-likeness (QED) is 0.749. The SMILES string of the molecule is OC[C@H](O)c1cc2n(n1)CCCN(CCOCc1ccccc1)C2. The van der Waals surface area contributed by atoms with Crippen molar-refractivity contribution in [2.45, 2.75) is 32.2 Å². The Balaban J connectivity index is 1.49. The van der Waals surface area contributed by atoms with E-state index < -0.39 is 6.10 Å². The summed E-state index contributed by atoms with van der Waals surface area (Å²) in [5.41, 5.74) is 2.82. The van der Waals surface area contributed by atoms with E-state index in [2.05, 4.69) is 22.1 Å². The molecule has 0 saturated heterocycles. The molecule has 6 nitrogen and oxygen atoms in total. The normalized spacial score (nSPS) is 16.6. The number of benzene rings is 1. The summed E-state index contributed by atoms with van der Waals surface area (Å²) in [6, 6.07) is 12.1. The largest absolute Gasteiger partial charge is 0.393 e. The lowest BCUT2D eigenvalue weighted by Crippen LogP contribution is -2.27. The Morgan fingerprint density at radius 1 is 1.21 bits per heavy atom. The fourth-order valence-electron chi connectivity index (χ4n) is 2.96. The Labute approximate surface area is 142 Å². The number of nitrogens with zero attached hydrogens (tertiary/aromatic N) is 3. The second kappa shape index (κ2) is 8.39. The van der Waals surface area contributed by atoms with Crippen molar-refractivity contribution in [1.29, 1.82) is 0 Å². The number of hydrogen-bond acceptors (Lipinski definition) is 5. The van der Waals surface area contributed by atoms with Crippen molar-refractivity contribution in [2.75, 3.05) is 26.3 Å². The number of aromatic nitrogens is 2. The third-order valence-corrected chi connectivity index (χ3v) is 4.29. The van der Waals surface area contributed by atoms with E-state index >= 15 is 0 Å². The highest BCUT2D eigenvalue weighted by molar-refractivity contribution is 5.14. The van der Waals surface area contributed by atoms with E-state index in [4.69, 9.17) is 9.84 Å². The van der Waals surface area contributed by atoms with Crippen molar-refractivity contribution in [2.24, 2.45) is 0 Å². The molecular formula is C18H25N3O3. The van der Waals surface area contributed by atoms with Crippen LogP contribution in [-0.4, -0.2) is 51.2 Å². The number of aryl methyl sites for hydroxylation is 1. The van der Waals surface area contributed by atoms with Gasteiger partial charge in [-0.15, -0.1) is 0 Å². The van der Waals surface area contributed by atoms with Crippen LogP contribution in [0, 0.1) is 0 Å². The molecule has 0 radical (unpaired) electrons. The molecule has 2 N–H and O–H groups in total. The van der Waals surface area contributed by atoms with Gasteiger partial charge in [-0.1, -0.05) is 30.3 Å². The predicted molar refractivity (Wildman–Crippen MR) is 90.3 cm³/mol. The van der Waals surface area contributed by atoms with Gasteiger partial charge in [-0.25, -0.2) is 0 Å². The van der Waals surface area contributed by atoms with E-state index in [1.165, 1.54) is 5.56 Å². The minimum atomic E-state index is -0.896. The van der Waals surface area contributed by atoms with Gasteiger partial charge in [0.15, 0.2) is 0 Å². The zero-order valence-corrected chi connectivity index (χ0v) is 13.8. The van der Waals surface area contributed by atoms with Gasteiger partial charge in [0.25, 0.3) is 0 Å². The fraction of sp³-hybridized carbons (Fsp3) is 0.500. The van der Waals surface area contributed by atoms with Crippen LogP contribution in [0.5, 0.6) is 0 Å². The van der Waals surface area contributed by atoms with Crippen LogP contribution in [0.25, 0.3) is 0 Å². The van der Waals surface area contributed by atoms with Crippen LogP contribution in [-0.2, 0) is 24.4 Å². The number of aliphatic hydroxyl groups excluding tert-OH is 2. The van der Waals surface area contributed by atoms with Crippen LogP contribution in [0.1, 0.15) is 29.5 Å². The van der Waals surface area contributed by atoms with Gasteiger partial charge in [0.2, 0.25) is 0 Å². The molecule has 0 saturated carbocycles. The second-order valence-corrected chi connectivity index (χ2v) is 6.15. The van der Waals surface area contributed by atoms with E-state index in [-0.39, 0.29) is 6.61 Å². The van der Waals surface area contributed by atoms with Crippen molar-refractivity contribution in [3.63, 3.8) is 0 Å². The summed E-state index contributed by atoms with van der Waals surface area (Å²) >= 11 is 0. The molecule has 1 aromatic heterocycles. The first-order valence-corrected chi connectivity index (χ1v) is 8.46. The number of rotatable bonds is 7. The van der Waals surface area contributed by atoms with Crippen molar-refractivity contribution < 1.29 is 14.9 Å². The summed E-state index contributed by atoms with van der Waals surface area (Å²) in [5, 5.41) is 23.2. The van der Waals surface area contributed by atoms with E-state index in [9.17, 15) is 5.11 Å². The third-order valence-electron chi connectivity index (χ3n) is 4.29. The van der Waals surface area contributed by atoms with E-state index in [1.807, 2.05) is 28.9 Å². The molecular weight excluding hydrogens is 306 g/mol. The minimum absolute atomic E-state index is 0.298. The van der Waals surface area contributed by atoms with Gasteiger partial charge in [0.05, 0.1) is 31.2 Å². The highest BCUT2D eigenvalue weighted by atomic mass is 16.5. The lowest BCUT2D eigenvalue weighted by molar-refractivity contribution is 0.0898. The fourth-order valence-corrected chi connectivity index (χ4v) is 2.96. The summed E-state index contributed by atoms with van der Waals surface area (Å²) in [6.07, 6.45) is 0.120. The summed E-state index contributed by atoms with van der Waals surface area (Å²) in [6.45, 7) is 4.54. The molecule has 0 fully saturated rings. The number of aliphatic hydroxyl groups is 2. The van der Waals surface area contributed by atoms with Crippen LogP contribution in [0.2, 0.25) is 0 Å². The van der Waals surface area contributed by atoms with Crippen molar-refractivity contribution in [1.82, 2.24) is 14.7 Å². The Hall–Kier alpha value is -1.73. The maximum Gasteiger partial charge on any atom is 0.121 e. The molecule has 1 aromatic carbocycles. The zero-order valence-electron chi connectivity index (χ0n) is 13.8. The van der Waals surface area contributed by atoms with Crippen LogP contribution in [0.15, 0.2) is 36.4 Å². The van der Waals surface area contributed by atoms with Crippen molar-refractivity contribution in [3.8, 4) is 0 Å². The van der Waals surface area contributed by atoms with Gasteiger partial charge >= 0.3 is 0 Å². The third kappa shape index (κ3) is 4.42. The summed E-state index contributed by atoms with van der Waals surface area (Å²) in [5.74, 6) is 0. The second-order valence-electron chi connectivity index (χ2n) is 6.15. The highest BCUT2D eigenvalue weighted by Gasteiger charge is 2.19. The van der Waals surface area contributed by atoms with Gasteiger partial charge < -0.3 is 14.9 Å². The smallest absolute Gasteiger partial charge is 0.121 e. The molecule has 0 bridgehead atoms. The van der Waals surface area contributed by atoms with Crippen molar-refractivity contribution >= 4 is 0 Å². The average Bonchev–Trinajstić information content (AvgIpc) is 2.92. The van der Waals surface area contributed by atoms with Gasteiger partial charge in [-0.05, 0) is 18.1 Å². The Morgan fingerprint density at radius 3 is 2.83 bits per heavy atom. The average molecular weight is 331 g/mol. The topological polar surface area (TPSA) is 70.8 Å². The van der Waals surface area contributed by atoms with Crippen LogP contribution in [0.4, 0.5) is 0 Å². The maximum absolute atomic E-state index is 9.74. The van der Waals surface area contributed by atoms with Gasteiger partial charge in [-0.3, -0.25) is 9.58 Å². The van der Waals surface area contributed by atoms with Crippen LogP contribution >= 0.6 is 0 Å². The monoisotopic (exact) mass is 331 g/mol. The lowest BCUT2D eigenvalue weighted by Gasteiger charge is -2.19. The number of fused-ring (bicyclic) bond motifs is 1. The zero-order chi connectivity index (χ0) is 16.8. The molecule has 6 heteroatoms.